The molecule has 238 valence electrons. The summed E-state index contributed by atoms with van der Waals surface area (Å²) in [6.07, 6.45) is 0. The maximum atomic E-state index is 5.28. The molecule has 10 aromatic rings. The largest absolute Gasteiger partial charge is 0.292 e. The first-order chi connectivity index (χ1) is 25.3. The molecule has 2 heteroatoms. The average molecular weight is 649 g/mol. The summed E-state index contributed by atoms with van der Waals surface area (Å²) in [5.41, 5.74) is 11.5. The first-order valence-corrected chi connectivity index (χ1v) is 17.5. The first kappa shape index (κ1) is 29.2. The normalized spacial score (nSPS) is 11.5. The second-order valence-corrected chi connectivity index (χ2v) is 13.1. The van der Waals surface area contributed by atoms with Gasteiger partial charge >= 0.3 is 0 Å². The van der Waals surface area contributed by atoms with Gasteiger partial charge in [-0.25, -0.2) is 4.98 Å². The molecule has 0 radical (unpaired) electrons. The molecule has 10 rings (SSSR count). The summed E-state index contributed by atoms with van der Waals surface area (Å²) >= 11 is 0. The lowest BCUT2D eigenvalue weighted by atomic mass is 9.84. The Labute approximate surface area is 296 Å². The highest BCUT2D eigenvalue weighted by Gasteiger charge is 2.21. The summed E-state index contributed by atoms with van der Waals surface area (Å²) in [6.45, 7) is 0. The molecule has 2 nitrogen and oxygen atoms in total. The van der Waals surface area contributed by atoms with E-state index in [1.54, 1.807) is 0 Å². The number of nitrogens with zero attached hydrogens (tertiary/aromatic N) is 2. The number of fused-ring (bicyclic) bond motifs is 4. The molecule has 0 aliphatic heterocycles. The van der Waals surface area contributed by atoms with E-state index in [1.165, 1.54) is 60.1 Å². The number of benzene rings is 9. The van der Waals surface area contributed by atoms with E-state index in [0.717, 1.165) is 33.7 Å². The van der Waals surface area contributed by atoms with Crippen molar-refractivity contribution in [1.82, 2.24) is 9.55 Å². The molecule has 0 spiro atoms. The molecular weight excluding hydrogens is 617 g/mol. The van der Waals surface area contributed by atoms with Gasteiger partial charge in [-0.2, -0.15) is 0 Å². The smallest absolute Gasteiger partial charge is 0.146 e. The molecule has 0 bridgehead atoms. The summed E-state index contributed by atoms with van der Waals surface area (Å²) in [4.78, 5) is 5.28. The van der Waals surface area contributed by atoms with Gasteiger partial charge in [0.25, 0.3) is 0 Å². The molecule has 0 aliphatic rings. The van der Waals surface area contributed by atoms with Crippen molar-refractivity contribution in [2.75, 3.05) is 0 Å². The zero-order valence-electron chi connectivity index (χ0n) is 27.9. The van der Waals surface area contributed by atoms with Crippen LogP contribution in [-0.2, 0) is 0 Å². The van der Waals surface area contributed by atoms with Crippen molar-refractivity contribution in [3.63, 3.8) is 0 Å². The lowest BCUT2D eigenvalue weighted by molar-refractivity contribution is 1.10. The van der Waals surface area contributed by atoms with Crippen molar-refractivity contribution in [1.29, 1.82) is 0 Å². The predicted octanol–water partition coefficient (Wildman–Crippen LogP) is 13.2. The number of aromatic nitrogens is 2. The molecule has 51 heavy (non-hydrogen) atoms. The van der Waals surface area contributed by atoms with Crippen molar-refractivity contribution in [2.24, 2.45) is 0 Å². The maximum absolute atomic E-state index is 5.28. The lowest BCUT2D eigenvalue weighted by Gasteiger charge is -2.19. The van der Waals surface area contributed by atoms with Gasteiger partial charge < -0.3 is 0 Å². The Morgan fingerprint density at radius 1 is 0.353 bits per heavy atom. The minimum absolute atomic E-state index is 0.925. The Kier molecular flexibility index (Phi) is 6.85. The molecule has 0 atom stereocenters. The molecule has 9 aromatic carbocycles. The van der Waals surface area contributed by atoms with E-state index in [9.17, 15) is 0 Å². The van der Waals surface area contributed by atoms with Gasteiger partial charge in [-0.05, 0) is 90.0 Å². The monoisotopic (exact) mass is 648 g/mol. The average Bonchev–Trinajstić information content (AvgIpc) is 3.60. The van der Waals surface area contributed by atoms with Crippen LogP contribution in [0.1, 0.15) is 0 Å². The number of para-hydroxylation sites is 2. The van der Waals surface area contributed by atoms with Crippen molar-refractivity contribution < 1.29 is 0 Å². The number of hydrogen-bond acceptors (Lipinski definition) is 1. The van der Waals surface area contributed by atoms with Crippen LogP contribution >= 0.6 is 0 Å². The van der Waals surface area contributed by atoms with Crippen LogP contribution < -0.4 is 0 Å². The van der Waals surface area contributed by atoms with Crippen LogP contribution in [0.4, 0.5) is 0 Å². The fraction of sp³-hybridized carbons (Fsp3) is 0. The highest BCUT2D eigenvalue weighted by Crippen LogP contribution is 2.46. The van der Waals surface area contributed by atoms with E-state index in [4.69, 9.17) is 4.98 Å². The number of hydrogen-bond donors (Lipinski definition) is 0. The number of imidazole rings is 1. The third-order valence-electron chi connectivity index (χ3n) is 10.2. The van der Waals surface area contributed by atoms with Gasteiger partial charge in [0.05, 0.1) is 11.0 Å². The zero-order valence-corrected chi connectivity index (χ0v) is 27.9. The lowest BCUT2D eigenvalue weighted by Crippen LogP contribution is -1.99. The molecule has 1 aromatic heterocycles. The van der Waals surface area contributed by atoms with E-state index in [-0.39, 0.29) is 0 Å². The van der Waals surface area contributed by atoms with Crippen LogP contribution in [0.3, 0.4) is 0 Å². The number of rotatable bonds is 5. The van der Waals surface area contributed by atoms with Gasteiger partial charge in [0.1, 0.15) is 5.82 Å². The minimum atomic E-state index is 0.925. The van der Waals surface area contributed by atoms with Gasteiger partial charge in [-0.1, -0.05) is 170 Å². The summed E-state index contributed by atoms with van der Waals surface area (Å²) in [6, 6.07) is 69.8. The molecule has 1 heterocycles. The van der Waals surface area contributed by atoms with Crippen LogP contribution in [0.5, 0.6) is 0 Å². The topological polar surface area (TPSA) is 17.8 Å². The Morgan fingerprint density at radius 2 is 0.882 bits per heavy atom. The van der Waals surface area contributed by atoms with Crippen molar-refractivity contribution >= 4 is 43.4 Å². The molecule has 0 N–H and O–H groups in total. The minimum Gasteiger partial charge on any atom is -0.292 e. The molecule has 0 saturated carbocycles. The van der Waals surface area contributed by atoms with Crippen molar-refractivity contribution in [3.8, 4) is 50.5 Å². The Balaban J connectivity index is 1.24. The van der Waals surface area contributed by atoms with E-state index < -0.39 is 0 Å². The van der Waals surface area contributed by atoms with Gasteiger partial charge in [-0.15, -0.1) is 0 Å². The second-order valence-electron chi connectivity index (χ2n) is 13.1. The van der Waals surface area contributed by atoms with E-state index >= 15 is 0 Å². The summed E-state index contributed by atoms with van der Waals surface area (Å²) in [5.74, 6) is 0.925. The van der Waals surface area contributed by atoms with Gasteiger partial charge in [0.2, 0.25) is 0 Å². The van der Waals surface area contributed by atoms with Crippen molar-refractivity contribution in [3.05, 3.63) is 194 Å². The third-order valence-corrected chi connectivity index (χ3v) is 10.2. The summed E-state index contributed by atoms with van der Waals surface area (Å²) in [5, 5.41) is 7.48. The standard InChI is InChI=1S/C49H32N2/c1-2-16-33(17-3-1)38-23-6-11-28-44(38)49-50-45-30-12-13-31-46(45)51(49)36-21-14-20-35(32-36)47-40-24-7-9-26-42(40)48(43-27-10-8-25-41(43)47)39-29-15-19-34-18-4-5-22-37(34)39/h1-32H. The predicted molar refractivity (Wildman–Crippen MR) is 215 cm³/mol. The van der Waals surface area contributed by atoms with Gasteiger partial charge in [0.15, 0.2) is 0 Å². The molecule has 0 saturated heterocycles. The highest BCUT2D eigenvalue weighted by molar-refractivity contribution is 6.23. The fourth-order valence-corrected chi connectivity index (χ4v) is 7.99. The van der Waals surface area contributed by atoms with Gasteiger partial charge in [-0.3, -0.25) is 4.57 Å². The molecule has 0 amide bonds. The van der Waals surface area contributed by atoms with Crippen LogP contribution in [-0.4, -0.2) is 9.55 Å². The fourth-order valence-electron chi connectivity index (χ4n) is 7.99. The molecule has 0 unspecified atom stereocenters. The van der Waals surface area contributed by atoms with Crippen molar-refractivity contribution in [2.45, 2.75) is 0 Å². The van der Waals surface area contributed by atoms with E-state index in [0.29, 0.717) is 0 Å². The van der Waals surface area contributed by atoms with Crippen LogP contribution in [0.15, 0.2) is 194 Å². The Hall–Kier alpha value is -6.77. The summed E-state index contributed by atoms with van der Waals surface area (Å²) in [7, 11) is 0. The highest BCUT2D eigenvalue weighted by atomic mass is 15.1. The van der Waals surface area contributed by atoms with E-state index in [2.05, 4.69) is 199 Å². The van der Waals surface area contributed by atoms with Crippen LogP contribution in [0.25, 0.3) is 93.8 Å². The Bertz CT molecular complexity index is 2850. The molecular formula is C49H32N2. The summed E-state index contributed by atoms with van der Waals surface area (Å²) < 4.78 is 2.33. The van der Waals surface area contributed by atoms with Crippen LogP contribution in [0, 0.1) is 0 Å². The Morgan fingerprint density at radius 3 is 1.65 bits per heavy atom. The maximum Gasteiger partial charge on any atom is 0.146 e. The molecule has 0 fully saturated rings. The molecule has 0 aliphatic carbocycles. The van der Waals surface area contributed by atoms with Gasteiger partial charge in [0, 0.05) is 11.3 Å². The van der Waals surface area contributed by atoms with E-state index in [1.807, 2.05) is 0 Å². The first-order valence-electron chi connectivity index (χ1n) is 17.5. The quantitative estimate of drug-likeness (QED) is 0.170. The third kappa shape index (κ3) is 4.76. The van der Waals surface area contributed by atoms with Crippen LogP contribution in [0.2, 0.25) is 0 Å². The zero-order chi connectivity index (χ0) is 33.7. The SMILES string of the molecule is c1ccc(-c2ccccc2-c2nc3ccccc3n2-c2cccc(-c3c4ccccc4c(-c4cccc5ccccc45)c4ccccc34)c2)cc1. The second kappa shape index (κ2) is 12.0.